The third kappa shape index (κ3) is 4.69. The molecule has 0 aromatic carbocycles. The molecule has 1 saturated heterocycles. The fraction of sp³-hybridized carbons (Fsp3) is 0.667. The minimum absolute atomic E-state index is 0.0482. The Morgan fingerprint density at radius 2 is 2.38 bits per heavy atom. The Balaban J connectivity index is 1.79. The van der Waals surface area contributed by atoms with Gasteiger partial charge in [0.2, 0.25) is 0 Å². The molecule has 0 spiro atoms. The van der Waals surface area contributed by atoms with E-state index in [0.717, 1.165) is 19.4 Å². The Morgan fingerprint density at radius 3 is 2.95 bits per heavy atom. The van der Waals surface area contributed by atoms with Crippen molar-refractivity contribution in [2.24, 2.45) is 0 Å². The Hall–Kier alpha value is -1.11. The van der Waals surface area contributed by atoms with E-state index in [1.54, 1.807) is 11.3 Å². The Kier molecular flexibility index (Phi) is 6.02. The van der Waals surface area contributed by atoms with Crippen LogP contribution in [0.2, 0.25) is 0 Å². The maximum Gasteiger partial charge on any atom is 0.315 e. The number of hydrogen-bond acceptors (Lipinski definition) is 4. The van der Waals surface area contributed by atoms with Crippen molar-refractivity contribution in [3.63, 3.8) is 0 Å². The molecule has 2 rings (SSSR count). The van der Waals surface area contributed by atoms with Crippen molar-refractivity contribution in [3.05, 3.63) is 22.4 Å². The first-order valence-electron chi connectivity index (χ1n) is 7.43. The summed E-state index contributed by atoms with van der Waals surface area (Å²) in [6, 6.07) is 4.27. The van der Waals surface area contributed by atoms with Crippen molar-refractivity contribution in [2.45, 2.75) is 38.0 Å². The summed E-state index contributed by atoms with van der Waals surface area (Å²) in [5.74, 6) is 0. The predicted molar refractivity (Wildman–Crippen MR) is 85.7 cm³/mol. The maximum absolute atomic E-state index is 12.0. The van der Waals surface area contributed by atoms with E-state index in [2.05, 4.69) is 27.0 Å². The van der Waals surface area contributed by atoms with Crippen molar-refractivity contribution >= 4 is 17.4 Å². The van der Waals surface area contributed by atoms with Crippen LogP contribution < -0.4 is 10.6 Å². The number of carbonyl (C=O) groups excluding carboxylic acids is 1. The van der Waals surface area contributed by atoms with Gasteiger partial charge in [-0.05, 0) is 45.3 Å². The Morgan fingerprint density at radius 1 is 1.57 bits per heavy atom. The minimum atomic E-state index is -0.124. The number of thiophene rings is 1. The zero-order valence-corrected chi connectivity index (χ0v) is 13.8. The molecule has 2 N–H and O–H groups in total. The van der Waals surface area contributed by atoms with Crippen LogP contribution >= 0.6 is 11.3 Å². The second-order valence-corrected chi connectivity index (χ2v) is 6.67. The standard InChI is InChI=1S/C15H25N3O2S/c1-11(13-6-4-8-20-13)17-15(19)16-10-12(18(2)3)14-7-5-9-21-14/h5,7,9,11-13H,4,6,8,10H2,1-3H3,(H2,16,17,19)/t11-,12-,13+/m0/s1. The first-order valence-corrected chi connectivity index (χ1v) is 8.31. The molecule has 2 amide bonds. The average Bonchev–Trinajstić information content (AvgIpc) is 3.12. The van der Waals surface area contributed by atoms with E-state index in [4.69, 9.17) is 4.74 Å². The SMILES string of the molecule is C[C@H](NC(=O)NC[C@@H](c1cccs1)N(C)C)[C@H]1CCCO1. The molecule has 21 heavy (non-hydrogen) atoms. The fourth-order valence-corrected chi connectivity index (χ4v) is 3.48. The van der Waals surface area contributed by atoms with Gasteiger partial charge in [0, 0.05) is 18.0 Å². The smallest absolute Gasteiger partial charge is 0.315 e. The number of rotatable bonds is 6. The lowest BCUT2D eigenvalue weighted by atomic mass is 10.1. The number of urea groups is 1. The van der Waals surface area contributed by atoms with E-state index < -0.39 is 0 Å². The monoisotopic (exact) mass is 311 g/mol. The van der Waals surface area contributed by atoms with Gasteiger partial charge in [0.1, 0.15) is 0 Å². The van der Waals surface area contributed by atoms with Crippen LogP contribution in [0.5, 0.6) is 0 Å². The van der Waals surface area contributed by atoms with Gasteiger partial charge in [-0.3, -0.25) is 0 Å². The molecule has 0 unspecified atom stereocenters. The van der Waals surface area contributed by atoms with Gasteiger partial charge >= 0.3 is 6.03 Å². The topological polar surface area (TPSA) is 53.6 Å². The largest absolute Gasteiger partial charge is 0.376 e. The number of nitrogens with zero attached hydrogens (tertiary/aromatic N) is 1. The van der Waals surface area contributed by atoms with Crippen LogP contribution in [0.4, 0.5) is 4.79 Å². The Labute approximate surface area is 130 Å². The summed E-state index contributed by atoms with van der Waals surface area (Å²) in [5.41, 5.74) is 0. The first-order chi connectivity index (χ1) is 10.1. The van der Waals surface area contributed by atoms with E-state index in [1.807, 2.05) is 27.1 Å². The van der Waals surface area contributed by atoms with Crippen LogP contribution in [0, 0.1) is 0 Å². The summed E-state index contributed by atoms with van der Waals surface area (Å²) in [6.45, 7) is 3.40. The zero-order chi connectivity index (χ0) is 15.2. The van der Waals surface area contributed by atoms with Gasteiger partial charge in [-0.25, -0.2) is 4.79 Å². The van der Waals surface area contributed by atoms with Gasteiger partial charge in [-0.1, -0.05) is 6.07 Å². The summed E-state index contributed by atoms with van der Waals surface area (Å²) in [5, 5.41) is 8.00. The predicted octanol–water partition coefficient (Wildman–Crippen LogP) is 2.22. The highest BCUT2D eigenvalue weighted by Gasteiger charge is 2.24. The summed E-state index contributed by atoms with van der Waals surface area (Å²) in [7, 11) is 4.05. The summed E-state index contributed by atoms with van der Waals surface area (Å²) < 4.78 is 5.59. The molecule has 0 radical (unpaired) electrons. The highest BCUT2D eigenvalue weighted by Crippen LogP contribution is 2.22. The van der Waals surface area contributed by atoms with Crippen LogP contribution in [0.25, 0.3) is 0 Å². The highest BCUT2D eigenvalue weighted by molar-refractivity contribution is 7.10. The quantitative estimate of drug-likeness (QED) is 0.847. The molecule has 5 nitrogen and oxygen atoms in total. The van der Waals surface area contributed by atoms with Crippen molar-refractivity contribution in [2.75, 3.05) is 27.2 Å². The first kappa shape index (κ1) is 16.3. The molecule has 1 aromatic heterocycles. The third-order valence-corrected chi connectivity index (χ3v) is 4.81. The number of likely N-dealkylation sites (N-methyl/N-ethyl adjacent to an activating group) is 1. The maximum atomic E-state index is 12.0. The van der Waals surface area contributed by atoms with Crippen molar-refractivity contribution < 1.29 is 9.53 Å². The number of hydrogen-bond donors (Lipinski definition) is 2. The molecular weight excluding hydrogens is 286 g/mol. The average molecular weight is 311 g/mol. The van der Waals surface area contributed by atoms with Crippen LogP contribution in [0.15, 0.2) is 17.5 Å². The van der Waals surface area contributed by atoms with Gasteiger partial charge in [-0.2, -0.15) is 0 Å². The Bertz CT molecular complexity index is 430. The van der Waals surface area contributed by atoms with E-state index in [-0.39, 0.29) is 24.2 Å². The molecule has 1 fully saturated rings. The zero-order valence-electron chi connectivity index (χ0n) is 13.0. The lowest BCUT2D eigenvalue weighted by molar-refractivity contribution is 0.0859. The summed E-state index contributed by atoms with van der Waals surface area (Å²) >= 11 is 1.71. The van der Waals surface area contributed by atoms with Crippen molar-refractivity contribution in [1.82, 2.24) is 15.5 Å². The highest BCUT2D eigenvalue weighted by atomic mass is 32.1. The van der Waals surface area contributed by atoms with E-state index in [9.17, 15) is 4.79 Å². The molecule has 6 heteroatoms. The molecule has 0 bridgehead atoms. The van der Waals surface area contributed by atoms with E-state index in [0.29, 0.717) is 6.54 Å². The lowest BCUT2D eigenvalue weighted by Gasteiger charge is -2.25. The summed E-state index contributed by atoms with van der Waals surface area (Å²) in [6.07, 6.45) is 2.26. The van der Waals surface area contributed by atoms with Gasteiger partial charge in [0.15, 0.2) is 0 Å². The van der Waals surface area contributed by atoms with Gasteiger partial charge in [-0.15, -0.1) is 11.3 Å². The summed E-state index contributed by atoms with van der Waals surface area (Å²) in [4.78, 5) is 15.4. The molecule has 0 aliphatic carbocycles. The molecule has 118 valence electrons. The van der Waals surface area contributed by atoms with E-state index in [1.165, 1.54) is 4.88 Å². The van der Waals surface area contributed by atoms with Gasteiger partial charge in [0.25, 0.3) is 0 Å². The lowest BCUT2D eigenvalue weighted by Crippen LogP contribution is -2.47. The normalized spacial score (nSPS) is 21.2. The molecule has 3 atom stereocenters. The third-order valence-electron chi connectivity index (χ3n) is 3.83. The molecular formula is C15H25N3O2S. The molecule has 1 aromatic rings. The fourth-order valence-electron chi connectivity index (χ4n) is 2.56. The van der Waals surface area contributed by atoms with Crippen molar-refractivity contribution in [3.8, 4) is 0 Å². The van der Waals surface area contributed by atoms with Crippen LogP contribution in [-0.4, -0.2) is 50.3 Å². The van der Waals surface area contributed by atoms with E-state index >= 15 is 0 Å². The molecule has 0 saturated carbocycles. The van der Waals surface area contributed by atoms with Crippen LogP contribution in [0.3, 0.4) is 0 Å². The van der Waals surface area contributed by atoms with Gasteiger partial charge < -0.3 is 20.3 Å². The number of nitrogens with one attached hydrogen (secondary N) is 2. The number of ether oxygens (including phenoxy) is 1. The second kappa shape index (κ2) is 7.77. The van der Waals surface area contributed by atoms with Crippen molar-refractivity contribution in [1.29, 1.82) is 0 Å². The molecule has 1 aliphatic rings. The second-order valence-electron chi connectivity index (χ2n) is 5.69. The van der Waals surface area contributed by atoms with Gasteiger partial charge in [0.05, 0.1) is 18.2 Å². The number of amides is 2. The van der Waals surface area contributed by atoms with Crippen LogP contribution in [0.1, 0.15) is 30.7 Å². The molecule has 1 aliphatic heterocycles. The molecule has 2 heterocycles. The van der Waals surface area contributed by atoms with Crippen LogP contribution in [-0.2, 0) is 4.74 Å². The minimum Gasteiger partial charge on any atom is -0.376 e. The number of carbonyl (C=O) groups is 1.